The maximum absolute atomic E-state index is 12.7. The van der Waals surface area contributed by atoms with Crippen LogP contribution in [0.15, 0.2) is 28.8 Å². The Bertz CT molecular complexity index is 837. The number of carbonyl (C=O) groups is 2. The highest BCUT2D eigenvalue weighted by molar-refractivity contribution is 5.95. The summed E-state index contributed by atoms with van der Waals surface area (Å²) in [5.41, 5.74) is 1.30. The van der Waals surface area contributed by atoms with E-state index in [4.69, 9.17) is 4.52 Å². The summed E-state index contributed by atoms with van der Waals surface area (Å²) in [6.07, 6.45) is 5.52. The van der Waals surface area contributed by atoms with Crippen LogP contribution in [0.4, 0.5) is 5.69 Å². The molecular weight excluding hydrogens is 344 g/mol. The molecule has 2 aliphatic rings. The van der Waals surface area contributed by atoms with Crippen molar-refractivity contribution in [3.05, 3.63) is 41.5 Å². The van der Waals surface area contributed by atoms with Gasteiger partial charge >= 0.3 is 0 Å². The summed E-state index contributed by atoms with van der Waals surface area (Å²) in [5, 5.41) is 7.21. The number of rotatable bonds is 5. The third-order valence-electron chi connectivity index (χ3n) is 5.48. The van der Waals surface area contributed by atoms with E-state index in [-0.39, 0.29) is 18.2 Å². The van der Waals surface area contributed by atoms with E-state index in [2.05, 4.69) is 15.5 Å². The Morgan fingerprint density at radius 2 is 1.96 bits per heavy atom. The summed E-state index contributed by atoms with van der Waals surface area (Å²) in [7, 11) is 0. The Labute approximate surface area is 158 Å². The highest BCUT2D eigenvalue weighted by Gasteiger charge is 2.41. The molecule has 2 heterocycles. The molecular formula is C20H24N4O3. The van der Waals surface area contributed by atoms with Crippen LogP contribution in [-0.2, 0) is 21.5 Å². The van der Waals surface area contributed by atoms with Gasteiger partial charge < -0.3 is 14.7 Å². The molecule has 0 unspecified atom stereocenters. The van der Waals surface area contributed by atoms with Gasteiger partial charge in [-0.2, -0.15) is 4.98 Å². The number of aromatic nitrogens is 2. The normalized spacial score (nSPS) is 18.9. The van der Waals surface area contributed by atoms with E-state index in [1.807, 2.05) is 24.3 Å². The molecule has 2 amide bonds. The Balaban J connectivity index is 1.43. The zero-order chi connectivity index (χ0) is 18.9. The van der Waals surface area contributed by atoms with Gasteiger partial charge in [0.15, 0.2) is 5.82 Å². The highest BCUT2D eigenvalue weighted by Crippen LogP contribution is 2.37. The van der Waals surface area contributed by atoms with Crippen molar-refractivity contribution in [1.29, 1.82) is 0 Å². The first-order valence-corrected chi connectivity index (χ1v) is 9.57. The molecule has 1 aromatic carbocycles. The largest absolute Gasteiger partial charge is 0.343 e. The van der Waals surface area contributed by atoms with Gasteiger partial charge in [-0.15, -0.1) is 0 Å². The molecule has 7 heteroatoms. The fraction of sp³-hybridized carbons (Fsp3) is 0.500. The van der Waals surface area contributed by atoms with Crippen molar-refractivity contribution in [3.8, 4) is 0 Å². The monoisotopic (exact) mass is 368 g/mol. The minimum Gasteiger partial charge on any atom is -0.343 e. The first kappa shape index (κ1) is 17.7. The van der Waals surface area contributed by atoms with Gasteiger partial charge in [-0.1, -0.05) is 30.1 Å². The topological polar surface area (TPSA) is 88.3 Å². The van der Waals surface area contributed by atoms with E-state index in [1.54, 1.807) is 11.8 Å². The lowest BCUT2D eigenvalue weighted by atomic mass is 9.96. The van der Waals surface area contributed by atoms with E-state index in [0.717, 1.165) is 49.9 Å². The Kier molecular flexibility index (Phi) is 4.68. The lowest BCUT2D eigenvalue weighted by Crippen LogP contribution is -2.45. The molecule has 2 aromatic rings. The van der Waals surface area contributed by atoms with Gasteiger partial charge in [0.1, 0.15) is 5.54 Å². The van der Waals surface area contributed by atoms with Crippen LogP contribution < -0.4 is 10.2 Å². The summed E-state index contributed by atoms with van der Waals surface area (Å²) in [6, 6.07) is 7.67. The van der Waals surface area contributed by atoms with Crippen molar-refractivity contribution in [2.24, 2.45) is 0 Å². The van der Waals surface area contributed by atoms with E-state index >= 15 is 0 Å². The van der Waals surface area contributed by atoms with E-state index in [1.165, 1.54) is 0 Å². The molecule has 27 heavy (non-hydrogen) atoms. The number of carbonyl (C=O) groups excluding carboxylic acids is 2. The van der Waals surface area contributed by atoms with Gasteiger partial charge in [-0.3, -0.25) is 9.59 Å². The molecule has 0 radical (unpaired) electrons. The molecule has 4 rings (SSSR count). The third kappa shape index (κ3) is 3.59. The minimum absolute atomic E-state index is 0.0515. The van der Waals surface area contributed by atoms with Crippen LogP contribution >= 0.6 is 0 Å². The maximum atomic E-state index is 12.7. The standard InChI is InChI=1S/C20H24N4O3/c1-14-21-19(23-27-14)20(10-2-3-11-20)22-17(25)13-15-6-8-16(9-7-15)24-12-4-5-18(24)26/h6-9H,2-5,10-13H2,1H3,(H,22,25). The molecule has 1 saturated heterocycles. The quantitative estimate of drug-likeness (QED) is 0.876. The first-order chi connectivity index (χ1) is 13.1. The average Bonchev–Trinajstić information content (AvgIpc) is 3.38. The van der Waals surface area contributed by atoms with Gasteiger partial charge in [0.25, 0.3) is 0 Å². The van der Waals surface area contributed by atoms with Crippen molar-refractivity contribution in [3.63, 3.8) is 0 Å². The van der Waals surface area contributed by atoms with E-state index in [9.17, 15) is 9.59 Å². The first-order valence-electron chi connectivity index (χ1n) is 9.57. The van der Waals surface area contributed by atoms with Crippen molar-refractivity contribution in [2.75, 3.05) is 11.4 Å². The molecule has 1 N–H and O–H groups in total. The predicted molar refractivity (Wildman–Crippen MR) is 99.1 cm³/mol. The minimum atomic E-state index is -0.517. The number of aryl methyl sites for hydroxylation is 1. The van der Waals surface area contributed by atoms with E-state index < -0.39 is 5.54 Å². The summed E-state index contributed by atoms with van der Waals surface area (Å²) >= 11 is 0. The lowest BCUT2D eigenvalue weighted by Gasteiger charge is -2.26. The zero-order valence-corrected chi connectivity index (χ0v) is 15.5. The molecule has 2 fully saturated rings. The number of anilines is 1. The zero-order valence-electron chi connectivity index (χ0n) is 15.5. The Morgan fingerprint density at radius 3 is 2.56 bits per heavy atom. The Morgan fingerprint density at radius 1 is 1.22 bits per heavy atom. The van der Waals surface area contributed by atoms with Crippen LogP contribution in [-0.4, -0.2) is 28.5 Å². The van der Waals surface area contributed by atoms with Gasteiger partial charge in [-0.25, -0.2) is 0 Å². The van der Waals surface area contributed by atoms with Crippen LogP contribution in [0, 0.1) is 6.92 Å². The lowest BCUT2D eigenvalue weighted by molar-refractivity contribution is -0.122. The summed E-state index contributed by atoms with van der Waals surface area (Å²) in [4.78, 5) is 30.7. The van der Waals surface area contributed by atoms with Crippen LogP contribution in [0.3, 0.4) is 0 Å². The molecule has 142 valence electrons. The van der Waals surface area contributed by atoms with Gasteiger partial charge in [0, 0.05) is 25.6 Å². The molecule has 7 nitrogen and oxygen atoms in total. The molecule has 0 atom stereocenters. The van der Waals surface area contributed by atoms with Crippen LogP contribution in [0.5, 0.6) is 0 Å². The number of nitrogens with one attached hydrogen (secondary N) is 1. The van der Waals surface area contributed by atoms with E-state index in [0.29, 0.717) is 18.1 Å². The second-order valence-corrected chi connectivity index (χ2v) is 7.47. The summed E-state index contributed by atoms with van der Waals surface area (Å²) < 4.78 is 5.13. The molecule has 1 aliphatic carbocycles. The molecule has 1 aliphatic heterocycles. The molecule has 1 saturated carbocycles. The van der Waals surface area contributed by atoms with Crippen LogP contribution in [0.1, 0.15) is 55.8 Å². The third-order valence-corrected chi connectivity index (χ3v) is 5.48. The number of amides is 2. The number of hydrogen-bond donors (Lipinski definition) is 1. The summed E-state index contributed by atoms with van der Waals surface area (Å²) in [5.74, 6) is 1.20. The fourth-order valence-corrected chi connectivity index (χ4v) is 4.09. The average molecular weight is 368 g/mol. The van der Waals surface area contributed by atoms with Crippen LogP contribution in [0.25, 0.3) is 0 Å². The Hall–Kier alpha value is -2.70. The molecule has 0 spiro atoms. The second kappa shape index (κ2) is 7.13. The second-order valence-electron chi connectivity index (χ2n) is 7.47. The van der Waals surface area contributed by atoms with Gasteiger partial charge in [0.05, 0.1) is 6.42 Å². The number of nitrogens with zero attached hydrogens (tertiary/aromatic N) is 3. The highest BCUT2D eigenvalue weighted by atomic mass is 16.5. The van der Waals surface area contributed by atoms with Crippen molar-refractivity contribution in [1.82, 2.24) is 15.5 Å². The van der Waals surface area contributed by atoms with Crippen molar-refractivity contribution < 1.29 is 14.1 Å². The van der Waals surface area contributed by atoms with Crippen molar-refractivity contribution in [2.45, 2.75) is 57.4 Å². The smallest absolute Gasteiger partial charge is 0.227 e. The number of hydrogen-bond acceptors (Lipinski definition) is 5. The van der Waals surface area contributed by atoms with Crippen molar-refractivity contribution >= 4 is 17.5 Å². The van der Waals surface area contributed by atoms with Gasteiger partial charge in [-0.05, 0) is 37.0 Å². The van der Waals surface area contributed by atoms with Crippen LogP contribution in [0.2, 0.25) is 0 Å². The number of benzene rings is 1. The summed E-state index contributed by atoms with van der Waals surface area (Å²) in [6.45, 7) is 2.53. The van der Waals surface area contributed by atoms with Gasteiger partial charge in [0.2, 0.25) is 17.7 Å². The maximum Gasteiger partial charge on any atom is 0.227 e. The molecule has 1 aromatic heterocycles. The SMILES string of the molecule is Cc1nc(C2(NC(=O)Cc3ccc(N4CCCC4=O)cc3)CCCC2)no1. The molecule has 0 bridgehead atoms. The predicted octanol–water partition coefficient (Wildman–Crippen LogP) is 2.63. The fourth-order valence-electron chi connectivity index (χ4n) is 4.09.